The predicted octanol–water partition coefficient (Wildman–Crippen LogP) is 3.85. The van der Waals surface area contributed by atoms with Gasteiger partial charge in [0.2, 0.25) is 0 Å². The van der Waals surface area contributed by atoms with E-state index in [0.29, 0.717) is 18.7 Å². The Morgan fingerprint density at radius 1 is 1.06 bits per heavy atom. The summed E-state index contributed by atoms with van der Waals surface area (Å²) in [6, 6.07) is 14.2. The molecular formula is C24H26N4O2S. The highest BCUT2D eigenvalue weighted by molar-refractivity contribution is 7.13. The van der Waals surface area contributed by atoms with E-state index in [1.54, 1.807) is 30.3 Å². The molecule has 0 unspecified atom stereocenters. The van der Waals surface area contributed by atoms with Gasteiger partial charge in [-0.3, -0.25) is 9.59 Å². The van der Waals surface area contributed by atoms with Gasteiger partial charge in [-0.05, 0) is 31.9 Å². The van der Waals surface area contributed by atoms with Crippen LogP contribution in [-0.4, -0.2) is 57.3 Å². The first-order chi connectivity index (χ1) is 14.9. The number of benzene rings is 1. The van der Waals surface area contributed by atoms with Gasteiger partial charge in [0.15, 0.2) is 0 Å². The molecule has 2 amide bonds. The third-order valence-electron chi connectivity index (χ3n) is 6.34. The van der Waals surface area contributed by atoms with Crippen molar-refractivity contribution in [3.63, 3.8) is 0 Å². The molecule has 2 atom stereocenters. The molecule has 3 aromatic rings. The molecule has 0 spiro atoms. The van der Waals surface area contributed by atoms with E-state index in [1.165, 1.54) is 0 Å². The highest BCUT2D eigenvalue weighted by Gasteiger charge is 2.42. The minimum atomic E-state index is -0.0875. The van der Waals surface area contributed by atoms with Crippen molar-refractivity contribution in [2.45, 2.75) is 44.8 Å². The summed E-state index contributed by atoms with van der Waals surface area (Å²) in [5, 5.41) is 0. The number of carbonyl (C=O) groups excluding carboxylic acids is 2. The Morgan fingerprint density at radius 3 is 2.48 bits per heavy atom. The maximum Gasteiger partial charge on any atom is 0.273 e. The number of fused-ring (bicyclic) bond motifs is 3. The first kappa shape index (κ1) is 20.0. The van der Waals surface area contributed by atoms with Crippen LogP contribution in [0, 0.1) is 6.92 Å². The third kappa shape index (κ3) is 3.37. The first-order valence-corrected chi connectivity index (χ1v) is 11.5. The summed E-state index contributed by atoms with van der Waals surface area (Å²) in [6.45, 7) is 2.70. The van der Waals surface area contributed by atoms with Gasteiger partial charge in [0.1, 0.15) is 11.5 Å². The summed E-state index contributed by atoms with van der Waals surface area (Å²) >= 11 is 1.55. The van der Waals surface area contributed by atoms with E-state index >= 15 is 0 Å². The second-order valence-corrected chi connectivity index (χ2v) is 9.91. The first-order valence-electron chi connectivity index (χ1n) is 10.7. The summed E-state index contributed by atoms with van der Waals surface area (Å²) in [4.78, 5) is 36.8. The molecule has 7 heteroatoms. The fourth-order valence-electron chi connectivity index (χ4n) is 4.86. The zero-order valence-corrected chi connectivity index (χ0v) is 18.9. The molecule has 2 aromatic heterocycles. The molecule has 0 saturated carbocycles. The molecule has 2 bridgehead atoms. The number of aromatic nitrogens is 2. The van der Waals surface area contributed by atoms with Crippen molar-refractivity contribution in [1.29, 1.82) is 0 Å². The van der Waals surface area contributed by atoms with Gasteiger partial charge >= 0.3 is 0 Å². The molecule has 160 valence electrons. The summed E-state index contributed by atoms with van der Waals surface area (Å²) in [5.74, 6) is 0.842. The van der Waals surface area contributed by atoms with Gasteiger partial charge in [-0.15, -0.1) is 11.3 Å². The standard InChI is InChI=1S/C24H26N4O2S/c1-15-9-12-20(31-15)23(29)28-17-10-11-18(28)14-27-19(13-17)21(24(30)26(2)3)25-22(27)16-7-5-4-6-8-16/h4-9,12,17-18H,10-11,13-14H2,1-3H3/t17-,18+/m0/s1. The summed E-state index contributed by atoms with van der Waals surface area (Å²) in [6.07, 6.45) is 2.59. The van der Waals surface area contributed by atoms with E-state index in [4.69, 9.17) is 4.98 Å². The number of hydrogen-bond acceptors (Lipinski definition) is 4. The SMILES string of the molecule is Cc1ccc(C(=O)N2[C@@H]3CC[C@H]2Cc2c(C(=O)N(C)C)nc(-c4ccccc4)n2C3)s1. The molecule has 31 heavy (non-hydrogen) atoms. The predicted molar refractivity (Wildman–Crippen MR) is 121 cm³/mol. The van der Waals surface area contributed by atoms with E-state index in [0.717, 1.165) is 39.7 Å². The fraction of sp³-hybridized carbons (Fsp3) is 0.375. The van der Waals surface area contributed by atoms with E-state index in [1.807, 2.05) is 49.4 Å². The summed E-state index contributed by atoms with van der Waals surface area (Å²) < 4.78 is 2.19. The van der Waals surface area contributed by atoms with Crippen molar-refractivity contribution in [2.75, 3.05) is 14.1 Å². The van der Waals surface area contributed by atoms with Crippen LogP contribution in [0.3, 0.4) is 0 Å². The number of nitrogens with zero attached hydrogens (tertiary/aromatic N) is 4. The second-order valence-electron chi connectivity index (χ2n) is 8.62. The molecule has 6 nitrogen and oxygen atoms in total. The van der Waals surface area contributed by atoms with Crippen molar-refractivity contribution in [3.8, 4) is 11.4 Å². The highest BCUT2D eigenvalue weighted by atomic mass is 32.1. The van der Waals surface area contributed by atoms with Crippen molar-refractivity contribution >= 4 is 23.2 Å². The minimum absolute atomic E-state index is 0.0875. The van der Waals surface area contributed by atoms with E-state index in [9.17, 15) is 9.59 Å². The molecule has 2 aliphatic rings. The molecule has 2 aliphatic heterocycles. The van der Waals surface area contributed by atoms with E-state index < -0.39 is 0 Å². The van der Waals surface area contributed by atoms with Crippen LogP contribution in [0.5, 0.6) is 0 Å². The minimum Gasteiger partial charge on any atom is -0.343 e. The molecule has 0 N–H and O–H groups in total. The summed E-state index contributed by atoms with van der Waals surface area (Å²) in [5.41, 5.74) is 2.45. The quantitative estimate of drug-likeness (QED) is 0.629. The number of hydrogen-bond donors (Lipinski definition) is 0. The number of imidazole rings is 1. The molecule has 0 radical (unpaired) electrons. The molecule has 4 heterocycles. The van der Waals surface area contributed by atoms with Gasteiger partial charge in [0.05, 0.1) is 16.6 Å². The van der Waals surface area contributed by atoms with Crippen molar-refractivity contribution < 1.29 is 9.59 Å². The number of thiophene rings is 1. The Hall–Kier alpha value is -2.93. The average Bonchev–Trinajstić information content (AvgIpc) is 3.42. The van der Waals surface area contributed by atoms with Crippen LogP contribution < -0.4 is 0 Å². The van der Waals surface area contributed by atoms with Gasteiger partial charge in [-0.2, -0.15) is 0 Å². The van der Waals surface area contributed by atoms with Crippen molar-refractivity contribution in [3.05, 3.63) is 63.6 Å². The van der Waals surface area contributed by atoms with Gasteiger partial charge in [-0.1, -0.05) is 30.3 Å². The monoisotopic (exact) mass is 434 g/mol. The Kier molecular flexibility index (Phi) is 4.93. The lowest BCUT2D eigenvalue weighted by Crippen LogP contribution is -2.41. The maximum atomic E-state index is 13.4. The number of carbonyl (C=O) groups is 2. The number of aryl methyl sites for hydroxylation is 1. The van der Waals surface area contributed by atoms with Crippen LogP contribution in [0.25, 0.3) is 11.4 Å². The second kappa shape index (κ2) is 7.64. The lowest BCUT2D eigenvalue weighted by atomic mass is 10.0. The van der Waals surface area contributed by atoms with Crippen LogP contribution in [0.4, 0.5) is 0 Å². The van der Waals surface area contributed by atoms with E-state index in [2.05, 4.69) is 9.47 Å². The molecule has 5 rings (SSSR count). The molecule has 1 fully saturated rings. The molecular weight excluding hydrogens is 408 g/mol. The van der Waals surface area contributed by atoms with Gasteiger partial charge in [0, 0.05) is 43.5 Å². The number of amides is 2. The van der Waals surface area contributed by atoms with Gasteiger partial charge in [0.25, 0.3) is 11.8 Å². The van der Waals surface area contributed by atoms with Gasteiger partial charge < -0.3 is 14.4 Å². The van der Waals surface area contributed by atoms with Crippen LogP contribution in [-0.2, 0) is 13.0 Å². The zero-order valence-electron chi connectivity index (χ0n) is 18.0. The van der Waals surface area contributed by atoms with Crippen LogP contribution >= 0.6 is 11.3 Å². The van der Waals surface area contributed by atoms with Crippen molar-refractivity contribution in [2.24, 2.45) is 0 Å². The number of rotatable bonds is 3. The maximum absolute atomic E-state index is 13.4. The molecule has 1 saturated heterocycles. The Morgan fingerprint density at radius 2 is 1.81 bits per heavy atom. The smallest absolute Gasteiger partial charge is 0.273 e. The highest BCUT2D eigenvalue weighted by Crippen LogP contribution is 2.37. The normalized spacial score (nSPS) is 19.8. The van der Waals surface area contributed by atoms with Crippen LogP contribution in [0.2, 0.25) is 0 Å². The third-order valence-corrected chi connectivity index (χ3v) is 7.33. The van der Waals surface area contributed by atoms with Crippen LogP contribution in [0.15, 0.2) is 42.5 Å². The van der Waals surface area contributed by atoms with Gasteiger partial charge in [-0.25, -0.2) is 4.98 Å². The zero-order chi connectivity index (χ0) is 21.7. The van der Waals surface area contributed by atoms with E-state index in [-0.39, 0.29) is 23.9 Å². The summed E-state index contributed by atoms with van der Waals surface area (Å²) in [7, 11) is 3.52. The average molecular weight is 435 g/mol. The Balaban J connectivity index is 1.59. The Labute approximate surface area is 186 Å². The molecule has 0 aliphatic carbocycles. The largest absolute Gasteiger partial charge is 0.343 e. The van der Waals surface area contributed by atoms with Crippen LogP contribution in [0.1, 0.15) is 43.6 Å². The van der Waals surface area contributed by atoms with Crippen molar-refractivity contribution in [1.82, 2.24) is 19.4 Å². The Bertz CT molecular complexity index is 1150. The fourth-order valence-corrected chi connectivity index (χ4v) is 5.68. The molecule has 1 aromatic carbocycles. The lowest BCUT2D eigenvalue weighted by molar-refractivity contribution is 0.0671. The topological polar surface area (TPSA) is 58.4 Å². The lowest BCUT2D eigenvalue weighted by Gasteiger charge is -2.27.